The van der Waals surface area contributed by atoms with E-state index < -0.39 is 6.23 Å². The number of likely N-dealkylation sites (N-methyl/N-ethyl adjacent to an activating group) is 1. The lowest BCUT2D eigenvalue weighted by atomic mass is 10.0. The maximum Gasteiger partial charge on any atom is 0.246 e. The molecule has 0 radical (unpaired) electrons. The van der Waals surface area contributed by atoms with E-state index in [1.54, 1.807) is 18.2 Å². The van der Waals surface area contributed by atoms with Crippen molar-refractivity contribution in [1.82, 2.24) is 19.8 Å². The molecular weight excluding hydrogens is 496 g/mol. The number of aromatic nitrogens is 2. The second-order valence-corrected chi connectivity index (χ2v) is 10.6. The summed E-state index contributed by atoms with van der Waals surface area (Å²) >= 11 is 0. The van der Waals surface area contributed by atoms with Gasteiger partial charge in [0, 0.05) is 51.0 Å². The molecule has 208 valence electrons. The average molecular weight is 535 g/mol. The molecule has 11 nitrogen and oxygen atoms in total. The Morgan fingerprint density at radius 3 is 2.69 bits per heavy atom. The van der Waals surface area contributed by atoms with Crippen molar-refractivity contribution < 1.29 is 14.6 Å². The number of hydrogen-bond donors (Lipinski definition) is 2. The monoisotopic (exact) mass is 534 g/mol. The second kappa shape index (κ2) is 11.2. The number of piperazine rings is 1. The fraction of sp³-hybridized carbons (Fsp3) is 0.500. The lowest BCUT2D eigenvalue weighted by molar-refractivity contribution is -0.125. The first-order valence-electron chi connectivity index (χ1n) is 13.5. The Morgan fingerprint density at radius 1 is 1.23 bits per heavy atom. The maximum absolute atomic E-state index is 12.2. The Balaban J connectivity index is 1.43. The number of aliphatic hydroxyl groups is 1. The molecule has 1 aromatic carbocycles. The molecule has 0 spiro atoms. The Kier molecular flexibility index (Phi) is 7.72. The van der Waals surface area contributed by atoms with Crippen LogP contribution < -0.4 is 19.9 Å². The van der Waals surface area contributed by atoms with Crippen molar-refractivity contribution in [3.05, 3.63) is 37.1 Å². The highest BCUT2D eigenvalue weighted by atomic mass is 16.5. The lowest BCUT2D eigenvalue weighted by Crippen LogP contribution is -2.52. The first-order chi connectivity index (χ1) is 18.8. The van der Waals surface area contributed by atoms with Gasteiger partial charge in [0.15, 0.2) is 12.0 Å². The molecule has 11 heteroatoms. The van der Waals surface area contributed by atoms with E-state index in [1.807, 2.05) is 30.9 Å². The van der Waals surface area contributed by atoms with Crippen LogP contribution in [-0.2, 0) is 4.79 Å². The number of rotatable bonds is 7. The first-order valence-corrected chi connectivity index (χ1v) is 13.5. The lowest BCUT2D eigenvalue weighted by Gasteiger charge is -2.39. The second-order valence-electron chi connectivity index (χ2n) is 10.6. The van der Waals surface area contributed by atoms with Crippen molar-refractivity contribution in [2.75, 3.05) is 68.5 Å². The molecule has 1 aromatic heterocycles. The fourth-order valence-electron chi connectivity index (χ4n) is 5.41. The quantitative estimate of drug-likeness (QED) is 0.518. The highest BCUT2D eigenvalue weighted by Gasteiger charge is 2.39. The van der Waals surface area contributed by atoms with E-state index in [0.29, 0.717) is 48.4 Å². The number of hydrogen-bond acceptors (Lipinski definition) is 10. The van der Waals surface area contributed by atoms with E-state index in [2.05, 4.69) is 39.8 Å². The van der Waals surface area contributed by atoms with Crippen molar-refractivity contribution in [3.8, 4) is 5.75 Å². The fourth-order valence-corrected chi connectivity index (χ4v) is 5.41. The number of ether oxygens (including phenoxy) is 1. The van der Waals surface area contributed by atoms with Gasteiger partial charge >= 0.3 is 0 Å². The molecule has 4 heterocycles. The number of aliphatic imine (C=N–C) groups is 1. The van der Waals surface area contributed by atoms with E-state index in [-0.39, 0.29) is 17.9 Å². The molecule has 1 unspecified atom stereocenters. The Labute approximate surface area is 229 Å². The van der Waals surface area contributed by atoms with Gasteiger partial charge in [0.25, 0.3) is 0 Å². The Morgan fingerprint density at radius 2 is 2.00 bits per heavy atom. The van der Waals surface area contributed by atoms with Gasteiger partial charge in [-0.1, -0.05) is 20.4 Å². The highest BCUT2D eigenvalue weighted by molar-refractivity contribution is 5.98. The highest BCUT2D eigenvalue weighted by Crippen LogP contribution is 2.38. The van der Waals surface area contributed by atoms with Gasteiger partial charge in [0.05, 0.1) is 30.7 Å². The van der Waals surface area contributed by atoms with Crippen molar-refractivity contribution in [2.24, 2.45) is 10.9 Å². The minimum absolute atomic E-state index is 0.0313. The van der Waals surface area contributed by atoms with Crippen molar-refractivity contribution >= 4 is 40.4 Å². The van der Waals surface area contributed by atoms with Gasteiger partial charge in [-0.3, -0.25) is 4.79 Å². The van der Waals surface area contributed by atoms with Crippen LogP contribution in [0.5, 0.6) is 5.75 Å². The first kappa shape index (κ1) is 26.9. The van der Waals surface area contributed by atoms with Gasteiger partial charge in [-0.25, -0.2) is 9.98 Å². The van der Waals surface area contributed by atoms with Crippen LogP contribution in [0.2, 0.25) is 0 Å². The van der Waals surface area contributed by atoms with Gasteiger partial charge < -0.3 is 34.8 Å². The van der Waals surface area contributed by atoms with Gasteiger partial charge in [0.1, 0.15) is 11.4 Å². The molecule has 1 amide bonds. The number of fused-ring (bicyclic) bond motifs is 1. The number of carbonyl (C=O) groups excluding carboxylic acids is 1. The molecule has 3 aliphatic rings. The van der Waals surface area contributed by atoms with Crippen molar-refractivity contribution in [2.45, 2.75) is 32.5 Å². The number of anilines is 4. The van der Waals surface area contributed by atoms with E-state index in [1.165, 1.54) is 6.08 Å². The number of benzene rings is 1. The van der Waals surface area contributed by atoms with E-state index in [9.17, 15) is 9.90 Å². The average Bonchev–Trinajstić information content (AvgIpc) is 3.42. The largest absolute Gasteiger partial charge is 0.494 e. The normalized spacial score (nSPS) is 21.6. The van der Waals surface area contributed by atoms with E-state index in [0.717, 1.165) is 37.6 Å². The van der Waals surface area contributed by atoms with Crippen molar-refractivity contribution in [1.29, 1.82) is 0 Å². The van der Waals surface area contributed by atoms with Crippen LogP contribution in [-0.4, -0.2) is 102 Å². The molecule has 2 saturated heterocycles. The van der Waals surface area contributed by atoms with Crippen LogP contribution in [0.4, 0.5) is 28.8 Å². The molecule has 2 atom stereocenters. The summed E-state index contributed by atoms with van der Waals surface area (Å²) in [5, 5.41) is 14.7. The summed E-state index contributed by atoms with van der Waals surface area (Å²) in [5.41, 5.74) is 3.11. The molecule has 5 rings (SSSR count). The zero-order chi connectivity index (χ0) is 27.7. The van der Waals surface area contributed by atoms with Gasteiger partial charge in [-0.15, -0.1) is 0 Å². The summed E-state index contributed by atoms with van der Waals surface area (Å²) in [5.74, 6) is 1.52. The summed E-state index contributed by atoms with van der Waals surface area (Å²) in [4.78, 5) is 34.6. The number of aliphatic hydroxyl groups excluding tert-OH is 1. The number of carbonyl (C=O) groups is 1. The molecule has 3 aliphatic heterocycles. The van der Waals surface area contributed by atoms with Crippen LogP contribution in [0, 0.1) is 5.92 Å². The van der Waals surface area contributed by atoms with Crippen LogP contribution in [0.25, 0.3) is 0 Å². The number of nitrogens with zero attached hydrogens (tertiary/aromatic N) is 7. The van der Waals surface area contributed by atoms with Crippen LogP contribution in [0.1, 0.15) is 20.3 Å². The smallest absolute Gasteiger partial charge is 0.246 e. The zero-order valence-corrected chi connectivity index (χ0v) is 23.2. The summed E-state index contributed by atoms with van der Waals surface area (Å²) in [7, 11) is 3.79. The topological polar surface area (TPSA) is 110 Å². The van der Waals surface area contributed by atoms with E-state index >= 15 is 0 Å². The molecular formula is C28H38N8O3. The van der Waals surface area contributed by atoms with Gasteiger partial charge in [-0.05, 0) is 37.6 Å². The molecule has 0 aliphatic carbocycles. The van der Waals surface area contributed by atoms with Gasteiger partial charge in [-0.2, -0.15) is 4.98 Å². The number of methoxy groups -OCH3 is 1. The number of likely N-dealkylation sites (tertiary alicyclic amines) is 1. The Hall–Kier alpha value is -3.70. The van der Waals surface area contributed by atoms with Crippen LogP contribution >= 0.6 is 0 Å². The minimum Gasteiger partial charge on any atom is -0.494 e. The molecule has 0 bridgehead atoms. The third-order valence-corrected chi connectivity index (χ3v) is 7.71. The molecule has 2 aromatic rings. The summed E-state index contributed by atoms with van der Waals surface area (Å²) in [6, 6.07) is 5.97. The molecule has 39 heavy (non-hydrogen) atoms. The van der Waals surface area contributed by atoms with Gasteiger partial charge in [0.2, 0.25) is 11.9 Å². The SMILES string of the molecule is C=CC(=O)N1CC[C@H](N2c3nc(Nc4ccc(N5CCN(C)CC5)cc4OC)ncc3N=C(C(C)C)C2O)C1. The predicted molar refractivity (Wildman–Crippen MR) is 154 cm³/mol. The van der Waals surface area contributed by atoms with Crippen LogP contribution in [0.3, 0.4) is 0 Å². The number of nitrogens with one attached hydrogen (secondary N) is 1. The third-order valence-electron chi connectivity index (χ3n) is 7.71. The number of amides is 1. The van der Waals surface area contributed by atoms with E-state index in [4.69, 9.17) is 14.7 Å². The maximum atomic E-state index is 12.2. The molecule has 0 saturated carbocycles. The minimum atomic E-state index is -0.943. The summed E-state index contributed by atoms with van der Waals surface area (Å²) in [6.07, 6.45) is 2.77. The summed E-state index contributed by atoms with van der Waals surface area (Å²) in [6.45, 7) is 12.7. The predicted octanol–water partition coefficient (Wildman–Crippen LogP) is 2.63. The molecule has 2 N–H and O–H groups in total. The summed E-state index contributed by atoms with van der Waals surface area (Å²) < 4.78 is 5.71. The standard InChI is InChI=1S/C28H38N8O3/c1-6-24(37)35-10-9-20(17-35)36-26-22(30-25(18(2)3)27(36)38)16-29-28(32-26)31-21-8-7-19(15-23(21)39-5)34-13-11-33(4)12-14-34/h6-8,15-16,18,20,27,38H,1,9-14,17H2,2-5H3,(H,29,31,32)/t20-,27?/m0/s1. The molecule has 2 fully saturated rings. The van der Waals surface area contributed by atoms with Crippen LogP contribution in [0.15, 0.2) is 42.0 Å². The third kappa shape index (κ3) is 5.41. The van der Waals surface area contributed by atoms with Crippen molar-refractivity contribution in [3.63, 3.8) is 0 Å². The Bertz CT molecular complexity index is 1260. The zero-order valence-electron chi connectivity index (χ0n) is 23.2.